The van der Waals surface area contributed by atoms with Crippen molar-refractivity contribution in [2.24, 2.45) is 16.8 Å². The molecule has 2 fully saturated rings. The van der Waals surface area contributed by atoms with Gasteiger partial charge in [-0.1, -0.05) is 51.6 Å². The van der Waals surface area contributed by atoms with E-state index < -0.39 is 24.2 Å². The minimum Gasteiger partial charge on any atom is -0.453 e. The first-order chi connectivity index (χ1) is 27.7. The van der Waals surface area contributed by atoms with Crippen LogP contribution in [0.2, 0.25) is 0 Å². The molecule has 0 unspecified atom stereocenters. The lowest BCUT2D eigenvalue weighted by Crippen LogP contribution is -2.51. The van der Waals surface area contributed by atoms with E-state index in [0.717, 1.165) is 19.2 Å². The second kappa shape index (κ2) is 22.8. The summed E-state index contributed by atoms with van der Waals surface area (Å²) in [6, 6.07) is 2.01. The van der Waals surface area contributed by atoms with E-state index in [4.69, 9.17) is 20.1 Å². The van der Waals surface area contributed by atoms with Crippen LogP contribution < -0.4 is 5.32 Å². The Morgan fingerprint density at radius 2 is 1.53 bits per heavy atom. The molecule has 4 heterocycles. The predicted molar refractivity (Wildman–Crippen MR) is 244 cm³/mol. The SMILES string of the molecule is S.S.S.S.[2H]c1c([2H])c(-c2cnc([C@@H]3CCCN3C(=O)[C@@H](NC(=O)OC)C(C)C)[nH]2)c([2H])c([2H])c1C#Cc1ccc2nc([C@@H]3CCCN3C(=O)[C@@H](N=COOC)C(C)C)[nH]c2c1. The van der Waals surface area contributed by atoms with Crippen LogP contribution in [0, 0.1) is 23.7 Å². The van der Waals surface area contributed by atoms with E-state index in [9.17, 15) is 14.4 Å². The van der Waals surface area contributed by atoms with Gasteiger partial charge < -0.3 is 34.7 Å². The number of fused-ring (bicyclic) bond motifs is 1. The molecule has 2 aliphatic heterocycles. The van der Waals surface area contributed by atoms with Crippen molar-refractivity contribution in [2.45, 2.75) is 77.5 Å². The topological polar surface area (TPSA) is 167 Å². The predicted octanol–water partition coefficient (Wildman–Crippen LogP) is 6.14. The largest absolute Gasteiger partial charge is 0.453 e. The van der Waals surface area contributed by atoms with Crippen LogP contribution in [0.3, 0.4) is 0 Å². The third-order valence-electron chi connectivity index (χ3n) is 9.66. The van der Waals surface area contributed by atoms with Crippen LogP contribution in [0.25, 0.3) is 22.3 Å². The summed E-state index contributed by atoms with van der Waals surface area (Å²) in [6.07, 6.45) is 4.74. The Bertz CT molecular complexity index is 2270. The molecule has 2 saturated heterocycles. The molecule has 4 atom stereocenters. The Morgan fingerprint density at radius 3 is 2.16 bits per heavy atom. The minimum absolute atomic E-state index is 0. The maximum absolute atomic E-state index is 13.6. The Kier molecular flexibility index (Phi) is 17.0. The van der Waals surface area contributed by atoms with Crippen molar-refractivity contribution in [3.05, 3.63) is 71.3 Å². The van der Waals surface area contributed by atoms with Gasteiger partial charge in [-0.25, -0.2) is 19.8 Å². The second-order valence-electron chi connectivity index (χ2n) is 14.0. The van der Waals surface area contributed by atoms with E-state index in [1.54, 1.807) is 28.0 Å². The Labute approximate surface area is 373 Å². The Balaban J connectivity index is 0.00000331. The third-order valence-corrected chi connectivity index (χ3v) is 9.66. The van der Waals surface area contributed by atoms with Gasteiger partial charge in [0.25, 0.3) is 0 Å². The number of H-pyrrole nitrogens is 2. The summed E-state index contributed by atoms with van der Waals surface area (Å²) in [4.78, 5) is 72.0. The van der Waals surface area contributed by atoms with Crippen molar-refractivity contribution in [3.8, 4) is 23.1 Å². The average Bonchev–Trinajstić information content (AvgIpc) is 4.03. The van der Waals surface area contributed by atoms with E-state index >= 15 is 0 Å². The molecule has 3 N–H and O–H groups in total. The number of carbonyl (C=O) groups excluding carboxylic acids is 3. The number of ether oxygens (including phenoxy) is 1. The lowest BCUT2D eigenvalue weighted by Gasteiger charge is -2.30. The number of imidazole rings is 2. The highest BCUT2D eigenvalue weighted by Crippen LogP contribution is 2.34. The molecule has 14 nitrogen and oxygen atoms in total. The fraction of sp³-hybridized carbons (Fsp3) is 0.450. The molecule has 0 radical (unpaired) electrons. The van der Waals surface area contributed by atoms with Gasteiger partial charge in [-0.2, -0.15) is 58.9 Å². The quantitative estimate of drug-likeness (QED) is 0.0531. The molecule has 58 heavy (non-hydrogen) atoms. The number of likely N-dealkylation sites (tertiary alicyclic amines) is 2. The van der Waals surface area contributed by atoms with Gasteiger partial charge in [-0.15, -0.1) is 0 Å². The van der Waals surface area contributed by atoms with Gasteiger partial charge in [0.05, 0.1) is 54.7 Å². The number of amides is 3. The van der Waals surface area contributed by atoms with Crippen molar-refractivity contribution >= 4 is 89.3 Å². The van der Waals surface area contributed by atoms with Gasteiger partial charge in [-0.05, 0) is 73.4 Å². The zero-order chi connectivity index (χ0) is 41.8. The molecular formula is C40H56N8O6S4. The fourth-order valence-corrected chi connectivity index (χ4v) is 6.87. The average molecular weight is 877 g/mol. The number of aromatic nitrogens is 4. The molecule has 3 amide bonds. The zero-order valence-corrected chi connectivity index (χ0v) is 37.3. The number of carbonyl (C=O) groups is 3. The first-order valence-corrected chi connectivity index (χ1v) is 18.1. The van der Waals surface area contributed by atoms with Crippen LogP contribution in [0.5, 0.6) is 0 Å². The van der Waals surface area contributed by atoms with Crippen LogP contribution in [-0.4, -0.2) is 93.4 Å². The lowest BCUT2D eigenvalue weighted by molar-refractivity contribution is -0.188. The number of alkyl carbamates (subject to hydrolysis) is 1. The summed E-state index contributed by atoms with van der Waals surface area (Å²) in [6.45, 7) is 8.52. The highest BCUT2D eigenvalue weighted by Gasteiger charge is 2.38. The number of nitrogens with one attached hydrogen (secondary N) is 3. The van der Waals surface area contributed by atoms with Gasteiger partial charge >= 0.3 is 6.09 Å². The Hall–Kier alpha value is -4.28. The summed E-state index contributed by atoms with van der Waals surface area (Å²) < 4.78 is 40.0. The first-order valence-electron chi connectivity index (χ1n) is 20.1. The summed E-state index contributed by atoms with van der Waals surface area (Å²) in [5.74, 6) is 6.26. The van der Waals surface area contributed by atoms with Crippen molar-refractivity contribution in [3.63, 3.8) is 0 Å². The summed E-state index contributed by atoms with van der Waals surface area (Å²) >= 11 is 0. The monoisotopic (exact) mass is 876 g/mol. The summed E-state index contributed by atoms with van der Waals surface area (Å²) in [7, 11) is 2.60. The zero-order valence-electron chi connectivity index (χ0n) is 37.3. The van der Waals surface area contributed by atoms with Crippen LogP contribution in [0.1, 0.15) is 93.7 Å². The highest BCUT2D eigenvalue weighted by atomic mass is 32.1. The highest BCUT2D eigenvalue weighted by molar-refractivity contribution is 7.59. The second-order valence-corrected chi connectivity index (χ2v) is 14.0. The van der Waals surface area contributed by atoms with Gasteiger partial charge in [-0.3, -0.25) is 9.59 Å². The molecule has 0 spiro atoms. The van der Waals surface area contributed by atoms with Crippen molar-refractivity contribution in [1.82, 2.24) is 35.1 Å². The van der Waals surface area contributed by atoms with Crippen LogP contribution >= 0.6 is 54.0 Å². The molecule has 0 bridgehead atoms. The molecule has 0 saturated carbocycles. The lowest BCUT2D eigenvalue weighted by atomic mass is 10.0. The van der Waals surface area contributed by atoms with Crippen molar-refractivity contribution in [2.75, 3.05) is 27.3 Å². The number of aromatic amines is 2. The van der Waals surface area contributed by atoms with Gasteiger partial charge in [0.15, 0.2) is 0 Å². The molecule has 4 aromatic rings. The molecule has 6 rings (SSSR count). The third kappa shape index (κ3) is 11.5. The van der Waals surface area contributed by atoms with E-state index in [0.29, 0.717) is 54.2 Å². The van der Waals surface area contributed by atoms with Crippen LogP contribution in [-0.2, 0) is 24.1 Å². The number of benzene rings is 2. The molecule has 316 valence electrons. The van der Waals surface area contributed by atoms with E-state index in [1.807, 2.05) is 27.7 Å². The van der Waals surface area contributed by atoms with Gasteiger partial charge in [0, 0.05) is 24.2 Å². The standard InChI is InChI=1S/C40H48N8O6.4H2S/c1-24(2)34(42-23-54-53-6)38(49)48-20-8-10-33(48)37-43-29-18-15-27(21-30(29)44-37)12-11-26-13-16-28(17-14-26)31-22-41-36(45-31)32-9-7-19-47(32)39(50)35(25(3)4)46-40(51)52-5;;;;/h13-18,21-25,32-35H,7-10,19-20H2,1-6H3,(H,41,45)(H,43,44)(H,46,51);4*1H2/t32-,33-,34-,35-;;;;/m0..../s1/i13D,14D,16D,17D;;;;. The molecule has 0 aliphatic carbocycles. The van der Waals surface area contributed by atoms with Crippen molar-refractivity contribution < 1.29 is 34.4 Å². The minimum atomic E-state index is -0.807. The maximum atomic E-state index is 13.6. The summed E-state index contributed by atoms with van der Waals surface area (Å²) in [5.41, 5.74) is 2.18. The number of nitrogens with zero attached hydrogens (tertiary/aromatic N) is 5. The molecule has 18 heteroatoms. The van der Waals surface area contributed by atoms with E-state index in [1.165, 1.54) is 20.4 Å². The number of rotatable bonds is 11. The smallest absolute Gasteiger partial charge is 0.407 e. The van der Waals surface area contributed by atoms with E-state index in [2.05, 4.69) is 42.0 Å². The van der Waals surface area contributed by atoms with Gasteiger partial charge in [0.2, 0.25) is 18.2 Å². The maximum Gasteiger partial charge on any atom is 0.407 e. The normalized spacial score (nSPS) is 18.0. The number of hydrogen-bond acceptors (Lipinski definition) is 9. The van der Waals surface area contributed by atoms with Crippen LogP contribution in [0.4, 0.5) is 4.79 Å². The number of methoxy groups -OCH3 is 1. The van der Waals surface area contributed by atoms with Crippen LogP contribution in [0.15, 0.2) is 53.6 Å². The molecule has 2 aromatic carbocycles. The van der Waals surface area contributed by atoms with Gasteiger partial charge in [0.1, 0.15) is 23.7 Å². The molecular weight excluding hydrogens is 817 g/mol. The Morgan fingerprint density at radius 1 is 0.897 bits per heavy atom. The number of hydrogen-bond donors (Lipinski definition) is 3. The molecule has 2 aliphatic rings. The van der Waals surface area contributed by atoms with Crippen molar-refractivity contribution in [1.29, 1.82) is 0 Å². The first kappa shape index (κ1) is 43.3. The number of aliphatic imine (C=N–C) groups is 1. The van der Waals surface area contributed by atoms with E-state index in [-0.39, 0.29) is 125 Å². The summed E-state index contributed by atoms with van der Waals surface area (Å²) in [5, 5.41) is 2.62. The fourth-order valence-electron chi connectivity index (χ4n) is 6.87. The molecule has 2 aromatic heterocycles.